The van der Waals surface area contributed by atoms with Gasteiger partial charge in [0.15, 0.2) is 0 Å². The quantitative estimate of drug-likeness (QED) is 0.922. The van der Waals surface area contributed by atoms with Crippen LogP contribution >= 0.6 is 0 Å². The van der Waals surface area contributed by atoms with Crippen LogP contribution in [0.1, 0.15) is 44.1 Å². The van der Waals surface area contributed by atoms with Crippen molar-refractivity contribution < 1.29 is 8.78 Å². The van der Waals surface area contributed by atoms with Crippen LogP contribution in [0, 0.1) is 17.6 Å². The molecule has 116 valence electrons. The first-order chi connectivity index (χ1) is 10.2. The molecule has 1 aromatic rings. The molecule has 2 atom stereocenters. The minimum atomic E-state index is -0.426. The number of nitrogens with zero attached hydrogens (tertiary/aromatic N) is 1. The Morgan fingerprint density at radius 3 is 2.43 bits per heavy atom. The average Bonchev–Trinajstić information content (AvgIpc) is 2.47. The number of nitrogens with two attached hydrogens (primary N) is 1. The molecule has 0 radical (unpaired) electrons. The first-order valence-electron chi connectivity index (χ1n) is 8.15. The van der Waals surface area contributed by atoms with Gasteiger partial charge in [0.25, 0.3) is 0 Å². The van der Waals surface area contributed by atoms with Gasteiger partial charge in [0.1, 0.15) is 17.3 Å². The van der Waals surface area contributed by atoms with Crippen molar-refractivity contribution in [3.05, 3.63) is 29.3 Å². The molecular formula is C17H24F2N2. The summed E-state index contributed by atoms with van der Waals surface area (Å²) >= 11 is 0. The molecular weight excluding hydrogens is 270 g/mol. The highest BCUT2D eigenvalue weighted by Gasteiger charge is 2.35. The Kier molecular flexibility index (Phi) is 4.43. The van der Waals surface area contributed by atoms with Crippen LogP contribution in [0.3, 0.4) is 0 Å². The van der Waals surface area contributed by atoms with Gasteiger partial charge < -0.3 is 10.6 Å². The van der Waals surface area contributed by atoms with Gasteiger partial charge in [-0.3, -0.25) is 0 Å². The fraction of sp³-hybridized carbons (Fsp3) is 0.647. The maximum atomic E-state index is 14.5. The highest BCUT2D eigenvalue weighted by atomic mass is 19.1. The molecule has 4 heteroatoms. The molecule has 0 aromatic heterocycles. The van der Waals surface area contributed by atoms with E-state index in [1.807, 2.05) is 4.90 Å². The third-order valence-electron chi connectivity index (χ3n) is 5.04. The van der Waals surface area contributed by atoms with Gasteiger partial charge >= 0.3 is 0 Å². The summed E-state index contributed by atoms with van der Waals surface area (Å²) in [5.74, 6) is -0.246. The number of hydrogen-bond acceptors (Lipinski definition) is 2. The molecule has 0 amide bonds. The van der Waals surface area contributed by atoms with Crippen molar-refractivity contribution in [3.63, 3.8) is 0 Å². The van der Waals surface area contributed by atoms with Crippen molar-refractivity contribution in [2.45, 2.75) is 51.0 Å². The van der Waals surface area contributed by atoms with Crippen LogP contribution < -0.4 is 10.6 Å². The summed E-state index contributed by atoms with van der Waals surface area (Å²) in [5.41, 5.74) is 6.31. The number of benzene rings is 1. The Hall–Kier alpha value is -1.16. The Labute approximate surface area is 125 Å². The summed E-state index contributed by atoms with van der Waals surface area (Å²) in [4.78, 5) is 2.00. The van der Waals surface area contributed by atoms with Crippen molar-refractivity contribution in [3.8, 4) is 0 Å². The van der Waals surface area contributed by atoms with E-state index in [-0.39, 0.29) is 5.69 Å². The molecule has 1 saturated carbocycles. The Balaban J connectivity index is 1.91. The zero-order valence-corrected chi connectivity index (χ0v) is 12.5. The fourth-order valence-electron chi connectivity index (χ4n) is 4.11. The number of halogens is 2. The second-order valence-electron chi connectivity index (χ2n) is 6.39. The van der Waals surface area contributed by atoms with Crippen molar-refractivity contribution in [2.24, 2.45) is 11.7 Å². The molecule has 2 N–H and O–H groups in total. The van der Waals surface area contributed by atoms with Crippen molar-refractivity contribution in [1.82, 2.24) is 0 Å². The maximum Gasteiger partial charge on any atom is 0.149 e. The second-order valence-corrected chi connectivity index (χ2v) is 6.39. The van der Waals surface area contributed by atoms with E-state index in [4.69, 9.17) is 5.73 Å². The molecule has 1 saturated heterocycles. The summed E-state index contributed by atoms with van der Waals surface area (Å²) in [7, 11) is 0. The topological polar surface area (TPSA) is 29.3 Å². The molecule has 1 heterocycles. The van der Waals surface area contributed by atoms with Gasteiger partial charge in [-0.2, -0.15) is 0 Å². The summed E-state index contributed by atoms with van der Waals surface area (Å²) in [5, 5.41) is 0. The molecule has 2 unspecified atom stereocenters. The van der Waals surface area contributed by atoms with Crippen LogP contribution in [0.2, 0.25) is 0 Å². The lowest BCUT2D eigenvalue weighted by atomic mass is 9.78. The van der Waals surface area contributed by atoms with E-state index in [1.54, 1.807) is 0 Å². The largest absolute Gasteiger partial charge is 0.364 e. The molecule has 1 aliphatic heterocycles. The van der Waals surface area contributed by atoms with E-state index >= 15 is 0 Å². The third kappa shape index (κ3) is 2.91. The van der Waals surface area contributed by atoms with Crippen molar-refractivity contribution in [2.75, 3.05) is 18.0 Å². The Morgan fingerprint density at radius 2 is 1.71 bits per heavy atom. The van der Waals surface area contributed by atoms with Gasteiger partial charge in [-0.05, 0) is 62.3 Å². The minimum Gasteiger partial charge on any atom is -0.364 e. The number of anilines is 1. The van der Waals surface area contributed by atoms with Gasteiger partial charge in [-0.25, -0.2) is 8.78 Å². The van der Waals surface area contributed by atoms with E-state index < -0.39 is 11.6 Å². The van der Waals surface area contributed by atoms with Crippen LogP contribution in [0.15, 0.2) is 12.1 Å². The van der Waals surface area contributed by atoms with E-state index in [1.165, 1.54) is 37.8 Å². The first kappa shape index (κ1) is 14.8. The second kappa shape index (κ2) is 6.30. The Bertz CT molecular complexity index is 479. The standard InChI is InChI=1S/C17H24F2N2/c18-14-10-12(7-8-20)11-15(19)17(14)21-9-3-5-13-4-1-2-6-16(13)21/h10-11,13,16H,1-9,20H2. The van der Waals surface area contributed by atoms with Crippen molar-refractivity contribution >= 4 is 5.69 Å². The summed E-state index contributed by atoms with van der Waals surface area (Å²) in [6, 6.07) is 3.23. The monoisotopic (exact) mass is 294 g/mol. The SMILES string of the molecule is NCCc1cc(F)c(N2CCCC3CCCCC32)c(F)c1. The molecule has 3 rings (SSSR count). The molecule has 1 aromatic carbocycles. The zero-order valence-electron chi connectivity index (χ0n) is 12.5. The van der Waals surface area contributed by atoms with E-state index in [0.29, 0.717) is 30.5 Å². The van der Waals surface area contributed by atoms with Crippen LogP contribution in [0.4, 0.5) is 14.5 Å². The maximum absolute atomic E-state index is 14.5. The number of rotatable bonds is 3. The van der Waals surface area contributed by atoms with Crippen molar-refractivity contribution in [1.29, 1.82) is 0 Å². The van der Waals surface area contributed by atoms with Gasteiger partial charge in [0, 0.05) is 12.6 Å². The van der Waals surface area contributed by atoms with Crippen LogP contribution in [-0.2, 0) is 6.42 Å². The Morgan fingerprint density at radius 1 is 1.05 bits per heavy atom. The molecule has 2 nitrogen and oxygen atoms in total. The smallest absolute Gasteiger partial charge is 0.149 e. The zero-order chi connectivity index (χ0) is 14.8. The average molecular weight is 294 g/mol. The van der Waals surface area contributed by atoms with E-state index in [2.05, 4.69) is 0 Å². The van der Waals surface area contributed by atoms with Gasteiger partial charge in [0.2, 0.25) is 0 Å². The van der Waals surface area contributed by atoms with Gasteiger partial charge in [-0.1, -0.05) is 12.8 Å². The normalized spacial score (nSPS) is 25.8. The lowest BCUT2D eigenvalue weighted by Gasteiger charge is -2.45. The lowest BCUT2D eigenvalue weighted by molar-refractivity contribution is 0.241. The first-order valence-corrected chi connectivity index (χ1v) is 8.15. The highest BCUT2D eigenvalue weighted by Crippen LogP contribution is 2.39. The molecule has 1 aliphatic carbocycles. The van der Waals surface area contributed by atoms with Crippen LogP contribution in [-0.4, -0.2) is 19.1 Å². The summed E-state index contributed by atoms with van der Waals surface area (Å²) in [6.45, 7) is 1.18. The van der Waals surface area contributed by atoms with E-state index in [9.17, 15) is 8.78 Å². The predicted molar refractivity (Wildman–Crippen MR) is 81.4 cm³/mol. The molecule has 2 fully saturated rings. The lowest BCUT2D eigenvalue weighted by Crippen LogP contribution is -2.47. The number of piperidine rings is 1. The highest BCUT2D eigenvalue weighted by molar-refractivity contribution is 5.52. The van der Waals surface area contributed by atoms with Gasteiger partial charge in [-0.15, -0.1) is 0 Å². The van der Waals surface area contributed by atoms with E-state index in [0.717, 1.165) is 19.4 Å². The molecule has 21 heavy (non-hydrogen) atoms. The predicted octanol–water partition coefficient (Wildman–Crippen LogP) is 3.63. The fourth-order valence-corrected chi connectivity index (χ4v) is 4.11. The summed E-state index contributed by atoms with van der Waals surface area (Å²) < 4.78 is 28.9. The van der Waals surface area contributed by atoms with Crippen LogP contribution in [0.25, 0.3) is 0 Å². The third-order valence-corrected chi connectivity index (χ3v) is 5.04. The van der Waals surface area contributed by atoms with Gasteiger partial charge in [0.05, 0.1) is 0 Å². The number of fused-ring (bicyclic) bond motifs is 1. The number of hydrogen-bond donors (Lipinski definition) is 1. The van der Waals surface area contributed by atoms with Crippen LogP contribution in [0.5, 0.6) is 0 Å². The molecule has 0 spiro atoms. The summed E-state index contributed by atoms with van der Waals surface area (Å²) in [6.07, 6.45) is 7.45. The minimum absolute atomic E-state index is 0.187. The molecule has 2 aliphatic rings. The molecule has 0 bridgehead atoms.